The fourth-order valence-corrected chi connectivity index (χ4v) is 2.80. The minimum atomic E-state index is -0.246. The van der Waals surface area contributed by atoms with Gasteiger partial charge in [-0.3, -0.25) is 9.20 Å². The molecular formula is C18H18ClN3O2. The van der Waals surface area contributed by atoms with Crippen molar-refractivity contribution in [3.63, 3.8) is 0 Å². The Morgan fingerprint density at radius 3 is 2.71 bits per heavy atom. The summed E-state index contributed by atoms with van der Waals surface area (Å²) in [5, 5.41) is 3.49. The third kappa shape index (κ3) is 2.83. The molecule has 0 aliphatic heterocycles. The molecule has 0 bridgehead atoms. The van der Waals surface area contributed by atoms with E-state index >= 15 is 0 Å². The average Bonchev–Trinajstić information content (AvgIpc) is 2.85. The van der Waals surface area contributed by atoms with Crippen LogP contribution in [0.4, 0.5) is 5.69 Å². The SMILES string of the molecule is COc1cc(Cl)c(C)cc1NC(=O)c1c(C)nc2cc(C)ccn12. The summed E-state index contributed by atoms with van der Waals surface area (Å²) in [6, 6.07) is 7.37. The van der Waals surface area contributed by atoms with Crippen LogP contribution in [0.3, 0.4) is 0 Å². The van der Waals surface area contributed by atoms with Gasteiger partial charge in [-0.2, -0.15) is 0 Å². The van der Waals surface area contributed by atoms with E-state index in [1.165, 1.54) is 0 Å². The molecule has 0 atom stereocenters. The Hall–Kier alpha value is -2.53. The van der Waals surface area contributed by atoms with Gasteiger partial charge in [-0.05, 0) is 50.1 Å². The quantitative estimate of drug-likeness (QED) is 0.776. The van der Waals surface area contributed by atoms with Gasteiger partial charge in [0.05, 0.1) is 18.5 Å². The predicted molar refractivity (Wildman–Crippen MR) is 95.4 cm³/mol. The fraction of sp³-hybridized carbons (Fsp3) is 0.222. The van der Waals surface area contributed by atoms with Crippen LogP contribution in [0, 0.1) is 20.8 Å². The lowest BCUT2D eigenvalue weighted by atomic mass is 10.2. The number of fused-ring (bicyclic) bond motifs is 1. The van der Waals surface area contributed by atoms with Crippen LogP contribution in [-0.4, -0.2) is 22.4 Å². The van der Waals surface area contributed by atoms with E-state index in [0.29, 0.717) is 27.8 Å². The summed E-state index contributed by atoms with van der Waals surface area (Å²) in [5.41, 5.74) is 4.44. The molecule has 3 aromatic rings. The first-order valence-corrected chi connectivity index (χ1v) is 7.89. The number of aryl methyl sites for hydroxylation is 3. The number of halogens is 1. The molecular weight excluding hydrogens is 326 g/mol. The maximum Gasteiger partial charge on any atom is 0.274 e. The van der Waals surface area contributed by atoms with Gasteiger partial charge < -0.3 is 10.1 Å². The molecule has 3 rings (SSSR count). The summed E-state index contributed by atoms with van der Waals surface area (Å²) in [6.45, 7) is 5.69. The van der Waals surface area contributed by atoms with Crippen molar-refractivity contribution in [1.29, 1.82) is 0 Å². The van der Waals surface area contributed by atoms with Crippen LogP contribution in [-0.2, 0) is 0 Å². The number of carbonyl (C=O) groups excluding carboxylic acids is 1. The zero-order valence-corrected chi connectivity index (χ0v) is 14.7. The molecule has 6 heteroatoms. The number of hydrogen-bond acceptors (Lipinski definition) is 3. The first-order chi connectivity index (χ1) is 11.4. The molecule has 1 aromatic carbocycles. The molecule has 124 valence electrons. The van der Waals surface area contributed by atoms with Gasteiger partial charge in [0.2, 0.25) is 0 Å². The van der Waals surface area contributed by atoms with Crippen LogP contribution in [0.1, 0.15) is 27.3 Å². The lowest BCUT2D eigenvalue weighted by Crippen LogP contribution is -2.16. The molecule has 0 spiro atoms. The van der Waals surface area contributed by atoms with Gasteiger partial charge in [0, 0.05) is 17.3 Å². The fourth-order valence-electron chi connectivity index (χ4n) is 2.65. The van der Waals surface area contributed by atoms with Crippen molar-refractivity contribution >= 4 is 28.8 Å². The molecule has 2 heterocycles. The topological polar surface area (TPSA) is 55.6 Å². The predicted octanol–water partition coefficient (Wildman–Crippen LogP) is 4.17. The highest BCUT2D eigenvalue weighted by Crippen LogP contribution is 2.31. The number of anilines is 1. The Labute approximate surface area is 145 Å². The third-order valence-electron chi connectivity index (χ3n) is 3.90. The van der Waals surface area contributed by atoms with Crippen molar-refractivity contribution in [2.75, 3.05) is 12.4 Å². The zero-order valence-electron chi connectivity index (χ0n) is 14.0. The minimum Gasteiger partial charge on any atom is -0.495 e. The summed E-state index contributed by atoms with van der Waals surface area (Å²) in [4.78, 5) is 17.3. The van der Waals surface area contributed by atoms with E-state index in [1.54, 1.807) is 23.6 Å². The average molecular weight is 344 g/mol. The molecule has 0 unspecified atom stereocenters. The van der Waals surface area contributed by atoms with E-state index in [-0.39, 0.29) is 5.91 Å². The lowest BCUT2D eigenvalue weighted by Gasteiger charge is -2.12. The normalized spacial score (nSPS) is 10.9. The zero-order chi connectivity index (χ0) is 17.4. The largest absolute Gasteiger partial charge is 0.495 e. The molecule has 0 aliphatic rings. The molecule has 1 N–H and O–H groups in total. The molecule has 0 saturated carbocycles. The summed E-state index contributed by atoms with van der Waals surface area (Å²) in [5.74, 6) is 0.269. The number of carbonyl (C=O) groups is 1. The first-order valence-electron chi connectivity index (χ1n) is 7.51. The van der Waals surface area contributed by atoms with Gasteiger partial charge in [-0.1, -0.05) is 11.6 Å². The Morgan fingerprint density at radius 1 is 1.25 bits per heavy atom. The van der Waals surface area contributed by atoms with Gasteiger partial charge in [0.1, 0.15) is 17.1 Å². The Morgan fingerprint density at radius 2 is 2.00 bits per heavy atom. The monoisotopic (exact) mass is 343 g/mol. The first kappa shape index (κ1) is 16.3. The number of hydrogen-bond donors (Lipinski definition) is 1. The van der Waals surface area contributed by atoms with Gasteiger partial charge in [0.15, 0.2) is 0 Å². The number of amides is 1. The summed E-state index contributed by atoms with van der Waals surface area (Å²) < 4.78 is 7.10. The molecule has 24 heavy (non-hydrogen) atoms. The van der Waals surface area contributed by atoms with E-state index in [0.717, 1.165) is 16.8 Å². The van der Waals surface area contributed by atoms with Crippen molar-refractivity contribution < 1.29 is 9.53 Å². The number of nitrogens with one attached hydrogen (secondary N) is 1. The molecule has 0 aliphatic carbocycles. The molecule has 0 fully saturated rings. The summed E-state index contributed by atoms with van der Waals surface area (Å²) in [7, 11) is 1.54. The van der Waals surface area contributed by atoms with Crippen molar-refractivity contribution in [3.05, 3.63) is 58.0 Å². The second-order valence-corrected chi connectivity index (χ2v) is 6.14. The number of imidazole rings is 1. The smallest absolute Gasteiger partial charge is 0.274 e. The minimum absolute atomic E-state index is 0.246. The van der Waals surface area contributed by atoms with Crippen molar-refractivity contribution in [3.8, 4) is 5.75 Å². The Balaban J connectivity index is 2.02. The van der Waals surface area contributed by atoms with Crippen molar-refractivity contribution in [2.45, 2.75) is 20.8 Å². The summed E-state index contributed by atoms with van der Waals surface area (Å²) in [6.07, 6.45) is 1.85. The van der Waals surface area contributed by atoms with E-state index in [4.69, 9.17) is 16.3 Å². The standard InChI is InChI=1S/C18H18ClN3O2/c1-10-5-6-22-16(7-10)20-12(3)17(22)18(23)21-14-8-11(2)13(19)9-15(14)24-4/h5-9H,1-4H3,(H,21,23). The highest BCUT2D eigenvalue weighted by molar-refractivity contribution is 6.31. The number of aromatic nitrogens is 2. The van der Waals surface area contributed by atoms with Gasteiger partial charge in [-0.15, -0.1) is 0 Å². The highest BCUT2D eigenvalue weighted by atomic mass is 35.5. The number of ether oxygens (including phenoxy) is 1. The number of methoxy groups -OCH3 is 1. The van der Waals surface area contributed by atoms with Crippen LogP contribution in [0.15, 0.2) is 30.5 Å². The van der Waals surface area contributed by atoms with Crippen molar-refractivity contribution in [2.24, 2.45) is 0 Å². The van der Waals surface area contributed by atoms with Gasteiger partial charge in [-0.25, -0.2) is 4.98 Å². The van der Waals surface area contributed by atoms with Crippen LogP contribution >= 0.6 is 11.6 Å². The molecule has 2 aromatic heterocycles. The van der Waals surface area contributed by atoms with E-state index in [1.807, 2.05) is 39.1 Å². The van der Waals surface area contributed by atoms with Gasteiger partial charge in [0.25, 0.3) is 5.91 Å². The van der Waals surface area contributed by atoms with Crippen LogP contribution in [0.25, 0.3) is 5.65 Å². The second-order valence-electron chi connectivity index (χ2n) is 5.73. The van der Waals surface area contributed by atoms with Gasteiger partial charge >= 0.3 is 0 Å². The van der Waals surface area contributed by atoms with Crippen LogP contribution in [0.5, 0.6) is 5.75 Å². The third-order valence-corrected chi connectivity index (χ3v) is 4.31. The van der Waals surface area contributed by atoms with Crippen LogP contribution in [0.2, 0.25) is 5.02 Å². The molecule has 5 nitrogen and oxygen atoms in total. The van der Waals surface area contributed by atoms with Crippen molar-refractivity contribution in [1.82, 2.24) is 9.38 Å². The summed E-state index contributed by atoms with van der Waals surface area (Å²) >= 11 is 6.11. The molecule has 1 amide bonds. The number of rotatable bonds is 3. The Bertz CT molecular complexity index is 947. The maximum absolute atomic E-state index is 12.8. The highest BCUT2D eigenvalue weighted by Gasteiger charge is 2.18. The van der Waals surface area contributed by atoms with Crippen LogP contribution < -0.4 is 10.1 Å². The van der Waals surface area contributed by atoms with E-state index in [2.05, 4.69) is 10.3 Å². The number of benzene rings is 1. The number of nitrogens with zero attached hydrogens (tertiary/aromatic N) is 2. The van der Waals surface area contributed by atoms with E-state index in [9.17, 15) is 4.79 Å². The lowest BCUT2D eigenvalue weighted by molar-refractivity contribution is 0.102. The molecule has 0 radical (unpaired) electrons. The van der Waals surface area contributed by atoms with E-state index < -0.39 is 0 Å². The maximum atomic E-state index is 12.8. The second kappa shape index (κ2) is 6.17. The Kier molecular flexibility index (Phi) is 4.20. The molecule has 0 saturated heterocycles. The number of pyridine rings is 1.